The number of guanidine groups is 1. The zero-order valence-electron chi connectivity index (χ0n) is 17.9. The van der Waals surface area contributed by atoms with Crippen molar-refractivity contribution in [3.05, 3.63) is 42.0 Å². The molecule has 1 heterocycles. The number of aryl methyl sites for hydroxylation is 1. The third-order valence-electron chi connectivity index (χ3n) is 4.47. The lowest BCUT2D eigenvalue weighted by molar-refractivity contribution is -0.127. The van der Waals surface area contributed by atoms with Gasteiger partial charge in [-0.2, -0.15) is 0 Å². The van der Waals surface area contributed by atoms with Gasteiger partial charge in [0.25, 0.3) is 0 Å². The number of methoxy groups -OCH3 is 1. The van der Waals surface area contributed by atoms with Crippen molar-refractivity contribution < 1.29 is 9.53 Å². The molecule has 0 spiro atoms. The van der Waals surface area contributed by atoms with E-state index in [2.05, 4.69) is 27.4 Å². The van der Waals surface area contributed by atoms with E-state index in [4.69, 9.17) is 4.74 Å². The van der Waals surface area contributed by atoms with Crippen molar-refractivity contribution in [3.8, 4) is 5.75 Å². The molecule has 29 heavy (non-hydrogen) atoms. The van der Waals surface area contributed by atoms with Crippen LogP contribution in [0.5, 0.6) is 5.75 Å². The third kappa shape index (κ3) is 6.48. The molecule has 158 valence electrons. The topological polar surface area (TPSA) is 87.9 Å². The first-order chi connectivity index (χ1) is 14.0. The van der Waals surface area contributed by atoms with E-state index in [1.807, 2.05) is 40.8 Å². The molecule has 2 aromatic rings. The fourth-order valence-electron chi connectivity index (χ4n) is 2.79. The van der Waals surface area contributed by atoms with Crippen LogP contribution in [-0.4, -0.2) is 77.8 Å². The van der Waals surface area contributed by atoms with Gasteiger partial charge in [-0.05, 0) is 6.07 Å². The second-order valence-electron chi connectivity index (χ2n) is 6.82. The summed E-state index contributed by atoms with van der Waals surface area (Å²) >= 11 is 0. The summed E-state index contributed by atoms with van der Waals surface area (Å²) in [4.78, 5) is 20.0. The normalized spacial score (nSPS) is 11.3. The zero-order valence-corrected chi connectivity index (χ0v) is 17.9. The maximum atomic E-state index is 12.0. The highest BCUT2D eigenvalue weighted by Gasteiger charge is 2.12. The second-order valence-corrected chi connectivity index (χ2v) is 6.82. The summed E-state index contributed by atoms with van der Waals surface area (Å²) in [6, 6.07) is 7.86. The minimum Gasteiger partial charge on any atom is -0.496 e. The molecular weight excluding hydrogens is 370 g/mol. The molecule has 1 N–H and O–H groups in total. The summed E-state index contributed by atoms with van der Waals surface area (Å²) in [5.74, 6) is 2.36. The SMILES string of the molecule is CCc1nncn1CCNC(=NCC(=O)N(C)C)N(C)Cc1ccccc1OC. The predicted molar refractivity (Wildman–Crippen MR) is 113 cm³/mol. The van der Waals surface area contributed by atoms with Gasteiger partial charge in [0.1, 0.15) is 24.4 Å². The number of amides is 1. The van der Waals surface area contributed by atoms with Crippen LogP contribution in [0.4, 0.5) is 0 Å². The van der Waals surface area contributed by atoms with Crippen LogP contribution >= 0.6 is 0 Å². The number of hydrogen-bond acceptors (Lipinski definition) is 5. The first-order valence-corrected chi connectivity index (χ1v) is 9.64. The third-order valence-corrected chi connectivity index (χ3v) is 4.47. The highest BCUT2D eigenvalue weighted by molar-refractivity contribution is 5.84. The molecule has 1 amide bonds. The molecule has 0 aliphatic heterocycles. The Balaban J connectivity index is 2.08. The average molecular weight is 402 g/mol. The van der Waals surface area contributed by atoms with Crippen molar-refractivity contribution in [3.63, 3.8) is 0 Å². The number of carbonyl (C=O) groups excluding carboxylic acids is 1. The van der Waals surface area contributed by atoms with Gasteiger partial charge in [-0.3, -0.25) is 4.79 Å². The van der Waals surface area contributed by atoms with Crippen LogP contribution < -0.4 is 10.1 Å². The molecule has 9 nitrogen and oxygen atoms in total. The van der Waals surface area contributed by atoms with Crippen molar-refractivity contribution in [2.24, 2.45) is 4.99 Å². The van der Waals surface area contributed by atoms with Crippen LogP contribution in [0.15, 0.2) is 35.6 Å². The fraction of sp³-hybridized carbons (Fsp3) is 0.500. The van der Waals surface area contributed by atoms with Gasteiger partial charge in [0.15, 0.2) is 5.96 Å². The minimum absolute atomic E-state index is 0.0536. The number of aliphatic imine (C=N–C) groups is 1. The lowest BCUT2D eigenvalue weighted by atomic mass is 10.2. The monoisotopic (exact) mass is 401 g/mol. The Kier molecular flexibility index (Phi) is 8.45. The summed E-state index contributed by atoms with van der Waals surface area (Å²) in [5.41, 5.74) is 1.04. The minimum atomic E-state index is -0.0536. The van der Waals surface area contributed by atoms with E-state index in [1.165, 1.54) is 4.90 Å². The summed E-state index contributed by atoms with van der Waals surface area (Å²) in [6.45, 7) is 4.07. The molecule has 2 rings (SSSR count). The lowest BCUT2D eigenvalue weighted by Crippen LogP contribution is -2.41. The van der Waals surface area contributed by atoms with Crippen LogP contribution in [0.25, 0.3) is 0 Å². The first-order valence-electron chi connectivity index (χ1n) is 9.64. The molecule has 9 heteroatoms. The molecular formula is C20H31N7O2. The number of para-hydroxylation sites is 1. The van der Waals surface area contributed by atoms with Crippen LogP contribution in [-0.2, 0) is 24.3 Å². The Morgan fingerprint density at radius 3 is 2.72 bits per heavy atom. The Morgan fingerprint density at radius 2 is 2.03 bits per heavy atom. The van der Waals surface area contributed by atoms with Crippen LogP contribution in [0.2, 0.25) is 0 Å². The molecule has 0 saturated carbocycles. The van der Waals surface area contributed by atoms with Gasteiger partial charge < -0.3 is 24.4 Å². The number of hydrogen-bond donors (Lipinski definition) is 1. The molecule has 0 unspecified atom stereocenters. The molecule has 0 bridgehead atoms. The Morgan fingerprint density at radius 1 is 1.28 bits per heavy atom. The van der Waals surface area contributed by atoms with Gasteiger partial charge in [0.05, 0.1) is 7.11 Å². The Bertz CT molecular complexity index is 817. The zero-order chi connectivity index (χ0) is 21.2. The summed E-state index contributed by atoms with van der Waals surface area (Å²) in [6.07, 6.45) is 2.55. The van der Waals surface area contributed by atoms with Gasteiger partial charge in [-0.25, -0.2) is 4.99 Å². The van der Waals surface area contributed by atoms with E-state index in [0.29, 0.717) is 25.6 Å². The van der Waals surface area contributed by atoms with Crippen LogP contribution in [0, 0.1) is 0 Å². The quantitative estimate of drug-likeness (QED) is 0.499. The summed E-state index contributed by atoms with van der Waals surface area (Å²) in [5, 5.41) is 11.4. The first kappa shape index (κ1) is 22.2. The van der Waals surface area contributed by atoms with Crippen LogP contribution in [0.3, 0.4) is 0 Å². The van der Waals surface area contributed by atoms with Crippen molar-refractivity contribution in [1.82, 2.24) is 29.9 Å². The van der Waals surface area contributed by atoms with Gasteiger partial charge in [0.2, 0.25) is 5.91 Å². The van der Waals surface area contributed by atoms with E-state index in [1.54, 1.807) is 27.5 Å². The molecule has 1 aromatic heterocycles. The number of likely N-dealkylation sites (N-methyl/N-ethyl adjacent to an activating group) is 1. The Labute approximate surface area is 172 Å². The molecule has 0 aliphatic carbocycles. The fourth-order valence-corrected chi connectivity index (χ4v) is 2.79. The van der Waals surface area contributed by atoms with Crippen molar-refractivity contribution in [2.75, 3.05) is 41.3 Å². The second kappa shape index (κ2) is 11.0. The maximum absolute atomic E-state index is 12.0. The number of ether oxygens (including phenoxy) is 1. The highest BCUT2D eigenvalue weighted by atomic mass is 16.5. The van der Waals surface area contributed by atoms with Crippen molar-refractivity contribution in [1.29, 1.82) is 0 Å². The largest absolute Gasteiger partial charge is 0.496 e. The molecule has 0 aliphatic rings. The number of aromatic nitrogens is 3. The van der Waals surface area contributed by atoms with Gasteiger partial charge in [-0.1, -0.05) is 25.1 Å². The van der Waals surface area contributed by atoms with E-state index in [9.17, 15) is 4.79 Å². The van der Waals surface area contributed by atoms with E-state index in [0.717, 1.165) is 23.6 Å². The van der Waals surface area contributed by atoms with Crippen LogP contribution in [0.1, 0.15) is 18.3 Å². The molecule has 1 aromatic carbocycles. The van der Waals surface area contributed by atoms with Crippen molar-refractivity contribution >= 4 is 11.9 Å². The standard InChI is InChI=1S/C20H31N7O2/c1-6-18-24-23-15-27(18)12-11-21-20(22-13-19(28)25(2)3)26(4)14-16-9-7-8-10-17(16)29-5/h7-10,15H,6,11-14H2,1-5H3,(H,21,22). The van der Waals surface area contributed by atoms with E-state index >= 15 is 0 Å². The van der Waals surface area contributed by atoms with Gasteiger partial charge in [-0.15, -0.1) is 10.2 Å². The number of benzene rings is 1. The Hall–Kier alpha value is -3.10. The van der Waals surface area contributed by atoms with Gasteiger partial charge >= 0.3 is 0 Å². The summed E-state index contributed by atoms with van der Waals surface area (Å²) in [7, 11) is 7.05. The molecule has 0 radical (unpaired) electrons. The molecule has 0 saturated heterocycles. The summed E-state index contributed by atoms with van der Waals surface area (Å²) < 4.78 is 7.46. The number of rotatable bonds is 9. The highest BCUT2D eigenvalue weighted by Crippen LogP contribution is 2.18. The maximum Gasteiger partial charge on any atom is 0.243 e. The lowest BCUT2D eigenvalue weighted by Gasteiger charge is -2.24. The number of nitrogens with one attached hydrogen (secondary N) is 1. The average Bonchev–Trinajstić information content (AvgIpc) is 3.17. The molecule has 0 fully saturated rings. The van der Waals surface area contributed by atoms with Crippen molar-refractivity contribution in [2.45, 2.75) is 26.4 Å². The number of carbonyl (C=O) groups is 1. The van der Waals surface area contributed by atoms with Gasteiger partial charge in [0, 0.05) is 52.8 Å². The predicted octanol–water partition coefficient (Wildman–Crippen LogP) is 1.01. The van der Waals surface area contributed by atoms with E-state index in [-0.39, 0.29) is 12.5 Å². The molecule has 0 atom stereocenters. The van der Waals surface area contributed by atoms with E-state index < -0.39 is 0 Å². The number of nitrogens with zero attached hydrogens (tertiary/aromatic N) is 6. The smallest absolute Gasteiger partial charge is 0.243 e.